The van der Waals surface area contributed by atoms with Crippen LogP contribution in [0.25, 0.3) is 0 Å². The summed E-state index contributed by atoms with van der Waals surface area (Å²) in [6, 6.07) is 6.08. The zero-order chi connectivity index (χ0) is 17.7. The van der Waals surface area contributed by atoms with E-state index in [1.165, 1.54) is 5.56 Å². The highest BCUT2D eigenvalue weighted by molar-refractivity contribution is 5.98. The molecule has 5 heteroatoms. The molecule has 1 heterocycles. The van der Waals surface area contributed by atoms with E-state index in [0.29, 0.717) is 31.7 Å². The van der Waals surface area contributed by atoms with Crippen molar-refractivity contribution in [1.82, 2.24) is 10.6 Å². The Morgan fingerprint density at radius 3 is 2.22 bits per heavy atom. The minimum Gasteiger partial charge on any atom is -0.348 e. The molecule has 1 aromatic carbocycles. The lowest BCUT2D eigenvalue weighted by Crippen LogP contribution is -2.12. The lowest BCUT2D eigenvalue weighted by atomic mass is 9.98. The van der Waals surface area contributed by atoms with E-state index in [2.05, 4.69) is 30.5 Å². The Morgan fingerprint density at radius 2 is 1.74 bits per heavy atom. The lowest BCUT2D eigenvalue weighted by molar-refractivity contribution is -0.108. The van der Waals surface area contributed by atoms with Gasteiger partial charge in [-0.15, -0.1) is 0 Å². The van der Waals surface area contributed by atoms with E-state index in [9.17, 15) is 14.4 Å². The molecule has 0 atom stereocenters. The molecule has 0 saturated carbocycles. The van der Waals surface area contributed by atoms with Crippen LogP contribution in [0.2, 0.25) is 0 Å². The number of amides is 1. The zero-order valence-electron chi connectivity index (χ0n) is 14.5. The number of benzene rings is 1. The predicted octanol–water partition coefficient (Wildman–Crippen LogP) is 2.44. The fraction of sp³-hybridized carbons (Fsp3) is 0.500. The average Bonchev–Trinajstić information content (AvgIpc) is 2.90. The van der Waals surface area contributed by atoms with Crippen molar-refractivity contribution < 1.29 is 14.4 Å². The monoisotopic (exact) mass is 320 g/mol. The highest BCUT2D eigenvalue weighted by atomic mass is 16.2. The first-order chi connectivity index (χ1) is 11.0. The number of carbonyl (C=O) groups is 3. The van der Waals surface area contributed by atoms with E-state index >= 15 is 0 Å². The van der Waals surface area contributed by atoms with Crippen LogP contribution in [-0.2, 0) is 16.1 Å². The molecule has 0 radical (unpaired) electrons. The van der Waals surface area contributed by atoms with Gasteiger partial charge in [0.2, 0.25) is 0 Å². The molecule has 128 valence electrons. The normalized spacial score (nSPS) is 11.4. The first-order valence-corrected chi connectivity index (χ1v) is 7.88. The molecule has 0 aromatic heterocycles. The molecular weight excluding hydrogens is 292 g/mol. The van der Waals surface area contributed by atoms with Crippen LogP contribution in [0.3, 0.4) is 0 Å². The molecule has 2 rings (SSSR count). The maximum absolute atomic E-state index is 11.2. The third kappa shape index (κ3) is 8.26. The number of fused-ring (bicyclic) bond motifs is 1. The average molecular weight is 320 g/mol. The summed E-state index contributed by atoms with van der Waals surface area (Å²) in [6.45, 7) is 5.01. The number of rotatable bonds is 5. The Hall–Kier alpha value is -2.01. The van der Waals surface area contributed by atoms with Crippen molar-refractivity contribution in [2.24, 2.45) is 0 Å². The van der Waals surface area contributed by atoms with Crippen molar-refractivity contribution in [2.75, 3.05) is 14.1 Å². The third-order valence-electron chi connectivity index (χ3n) is 3.12. The zero-order valence-corrected chi connectivity index (χ0v) is 14.5. The first kappa shape index (κ1) is 21.0. The summed E-state index contributed by atoms with van der Waals surface area (Å²) in [6.07, 6.45) is 3.37. The van der Waals surface area contributed by atoms with Crippen LogP contribution in [0.5, 0.6) is 0 Å². The van der Waals surface area contributed by atoms with Gasteiger partial charge in [0.05, 0.1) is 0 Å². The van der Waals surface area contributed by atoms with Crippen molar-refractivity contribution >= 4 is 18.5 Å². The summed E-state index contributed by atoms with van der Waals surface area (Å²) in [7, 11) is 3.75. The topological polar surface area (TPSA) is 75.3 Å². The lowest BCUT2D eigenvalue weighted by Gasteiger charge is -2.06. The van der Waals surface area contributed by atoms with Crippen molar-refractivity contribution in [3.63, 3.8) is 0 Å². The largest absolute Gasteiger partial charge is 0.348 e. The van der Waals surface area contributed by atoms with Gasteiger partial charge in [0.15, 0.2) is 0 Å². The fourth-order valence-electron chi connectivity index (χ4n) is 1.90. The van der Waals surface area contributed by atoms with Crippen molar-refractivity contribution in [1.29, 1.82) is 0 Å². The summed E-state index contributed by atoms with van der Waals surface area (Å²) in [5.74, 6) is 0.589. The highest BCUT2D eigenvalue weighted by Gasteiger charge is 2.18. The number of carbonyl (C=O) groups excluding carboxylic acids is 3. The minimum absolute atomic E-state index is 0.0605. The van der Waals surface area contributed by atoms with Gasteiger partial charge in [-0.25, -0.2) is 0 Å². The van der Waals surface area contributed by atoms with Crippen LogP contribution in [0.15, 0.2) is 18.2 Å². The van der Waals surface area contributed by atoms with E-state index in [4.69, 9.17) is 0 Å². The number of hydrogen-bond donors (Lipinski definition) is 2. The maximum atomic E-state index is 11.2. The second-order valence-electron chi connectivity index (χ2n) is 5.52. The molecule has 0 spiro atoms. The van der Waals surface area contributed by atoms with Gasteiger partial charge < -0.3 is 20.2 Å². The van der Waals surface area contributed by atoms with Gasteiger partial charge >= 0.3 is 0 Å². The van der Waals surface area contributed by atoms with Gasteiger partial charge in [-0.1, -0.05) is 26.0 Å². The first-order valence-electron chi connectivity index (χ1n) is 7.88. The molecule has 1 aliphatic heterocycles. The summed E-state index contributed by atoms with van der Waals surface area (Å²) in [5, 5.41) is 5.56. The van der Waals surface area contributed by atoms with Gasteiger partial charge in [0, 0.05) is 24.9 Å². The Bertz CT molecular complexity index is 491. The molecule has 0 unspecified atom stereocenters. The van der Waals surface area contributed by atoms with Gasteiger partial charge in [-0.05, 0) is 43.6 Å². The molecule has 1 aliphatic rings. The molecule has 0 saturated heterocycles. The van der Waals surface area contributed by atoms with Crippen LogP contribution in [-0.4, -0.2) is 32.6 Å². The quantitative estimate of drug-likeness (QED) is 0.645. The van der Waals surface area contributed by atoms with Crippen LogP contribution in [0.4, 0.5) is 0 Å². The van der Waals surface area contributed by atoms with E-state index in [1.54, 1.807) is 0 Å². The molecule has 0 aliphatic carbocycles. The standard InChI is InChI=1S/C11H13NO.C5H8O2.C2H7N/c1-7(2)8-3-4-10-9(5-8)6-12-11(10)13;6-4-2-1-3-5-7;1-3-2/h3-5,7H,6H2,1-2H3,(H,12,13);4-5H,1-3H2;3H,1-2H3. The van der Waals surface area contributed by atoms with Crippen molar-refractivity contribution in [3.8, 4) is 0 Å². The molecular formula is C18H28N2O3. The Balaban J connectivity index is 0.000000412. The van der Waals surface area contributed by atoms with Crippen LogP contribution in [0.1, 0.15) is 60.5 Å². The molecule has 1 amide bonds. The van der Waals surface area contributed by atoms with Crippen molar-refractivity contribution in [3.05, 3.63) is 34.9 Å². The van der Waals surface area contributed by atoms with Gasteiger partial charge in [-0.2, -0.15) is 0 Å². The van der Waals surface area contributed by atoms with Crippen LogP contribution >= 0.6 is 0 Å². The van der Waals surface area contributed by atoms with E-state index in [-0.39, 0.29) is 5.91 Å². The van der Waals surface area contributed by atoms with Gasteiger partial charge in [-0.3, -0.25) is 4.79 Å². The summed E-state index contributed by atoms with van der Waals surface area (Å²) >= 11 is 0. The predicted molar refractivity (Wildman–Crippen MR) is 92.7 cm³/mol. The highest BCUT2D eigenvalue weighted by Crippen LogP contribution is 2.21. The molecule has 2 N–H and O–H groups in total. The number of aldehydes is 2. The molecule has 0 fully saturated rings. The van der Waals surface area contributed by atoms with Gasteiger partial charge in [0.25, 0.3) is 5.91 Å². The van der Waals surface area contributed by atoms with Gasteiger partial charge in [0.1, 0.15) is 12.6 Å². The Morgan fingerprint density at radius 1 is 1.17 bits per heavy atom. The van der Waals surface area contributed by atoms with Crippen LogP contribution < -0.4 is 10.6 Å². The SMILES string of the molecule is CC(C)c1ccc2c(c1)CNC2=O.CNC.O=CCCCC=O. The maximum Gasteiger partial charge on any atom is 0.251 e. The molecule has 0 bridgehead atoms. The number of hydrogen-bond acceptors (Lipinski definition) is 4. The van der Waals surface area contributed by atoms with E-state index < -0.39 is 0 Å². The number of unbranched alkanes of at least 4 members (excludes halogenated alkanes) is 2. The minimum atomic E-state index is 0.0605. The Kier molecular flexibility index (Phi) is 11.4. The summed E-state index contributed by atoms with van der Waals surface area (Å²) in [5.41, 5.74) is 3.27. The second-order valence-corrected chi connectivity index (χ2v) is 5.52. The number of nitrogens with one attached hydrogen (secondary N) is 2. The molecule has 1 aromatic rings. The van der Waals surface area contributed by atoms with Crippen LogP contribution in [0, 0.1) is 0 Å². The van der Waals surface area contributed by atoms with E-state index in [0.717, 1.165) is 23.7 Å². The van der Waals surface area contributed by atoms with E-state index in [1.807, 2.05) is 26.2 Å². The summed E-state index contributed by atoms with van der Waals surface area (Å²) < 4.78 is 0. The smallest absolute Gasteiger partial charge is 0.251 e. The Labute approximate surface area is 138 Å². The second kappa shape index (κ2) is 12.5. The molecule has 5 nitrogen and oxygen atoms in total. The van der Waals surface area contributed by atoms with Crippen molar-refractivity contribution in [2.45, 2.75) is 45.6 Å². The molecule has 23 heavy (non-hydrogen) atoms. The summed E-state index contributed by atoms with van der Waals surface area (Å²) in [4.78, 5) is 30.4. The third-order valence-corrected chi connectivity index (χ3v) is 3.12. The fourth-order valence-corrected chi connectivity index (χ4v) is 1.90.